The van der Waals surface area contributed by atoms with Crippen LogP contribution in [0.15, 0.2) is 59.4 Å². The molecule has 0 fully saturated rings. The molecule has 4 rings (SSSR count). The number of ether oxygens (including phenoxy) is 1. The van der Waals surface area contributed by atoms with Crippen LogP contribution in [-0.4, -0.2) is 53.0 Å². The van der Waals surface area contributed by atoms with Crippen molar-refractivity contribution in [3.8, 4) is 5.75 Å². The minimum absolute atomic E-state index is 0. The molecular formula is C25H29ClN2O4S2. The van der Waals surface area contributed by atoms with Gasteiger partial charge in [-0.15, -0.1) is 12.4 Å². The maximum Gasteiger partial charge on any atom is 0.305 e. The summed E-state index contributed by atoms with van der Waals surface area (Å²) in [7, 11) is 0. The highest BCUT2D eigenvalue weighted by Gasteiger charge is 2.15. The number of hydrogen-bond acceptors (Lipinski definition) is 7. The molecule has 4 N–H and O–H groups in total. The summed E-state index contributed by atoms with van der Waals surface area (Å²) in [5.74, 6) is 1.86. The van der Waals surface area contributed by atoms with Crippen LogP contribution in [0.25, 0.3) is 21.0 Å². The zero-order valence-electron chi connectivity index (χ0n) is 18.7. The summed E-state index contributed by atoms with van der Waals surface area (Å²) in [5, 5.41) is 26.2. The molecule has 9 heteroatoms. The molecule has 1 heterocycles. The number of thiazole rings is 1. The van der Waals surface area contributed by atoms with Gasteiger partial charge in [-0.2, -0.15) is 11.8 Å². The Bertz CT molecular complexity index is 1260. The molecule has 0 amide bonds. The topological polar surface area (TPSA) is 94.6 Å². The second-order valence-corrected chi connectivity index (χ2v) is 9.93. The highest BCUT2D eigenvalue weighted by Crippen LogP contribution is 2.31. The molecule has 0 bridgehead atoms. The number of aliphatic hydroxyl groups is 1. The number of halogens is 1. The maximum atomic E-state index is 11.6. The van der Waals surface area contributed by atoms with Gasteiger partial charge >= 0.3 is 4.87 Å². The van der Waals surface area contributed by atoms with Crippen LogP contribution in [0.1, 0.15) is 17.2 Å². The van der Waals surface area contributed by atoms with E-state index < -0.39 is 6.10 Å². The van der Waals surface area contributed by atoms with Crippen molar-refractivity contribution in [1.82, 2.24) is 10.3 Å². The van der Waals surface area contributed by atoms with Gasteiger partial charge in [0.15, 0.2) is 0 Å². The van der Waals surface area contributed by atoms with Gasteiger partial charge in [-0.3, -0.25) is 4.79 Å². The van der Waals surface area contributed by atoms with E-state index in [-0.39, 0.29) is 23.0 Å². The molecule has 0 saturated carbocycles. The van der Waals surface area contributed by atoms with Crippen LogP contribution in [-0.2, 0) is 11.2 Å². The van der Waals surface area contributed by atoms with Gasteiger partial charge < -0.3 is 25.3 Å². The van der Waals surface area contributed by atoms with E-state index in [4.69, 9.17) is 4.74 Å². The lowest BCUT2D eigenvalue weighted by Crippen LogP contribution is -2.24. The minimum Gasteiger partial charge on any atom is -0.506 e. The molecule has 0 aliphatic carbocycles. The van der Waals surface area contributed by atoms with Gasteiger partial charge in [-0.25, -0.2) is 0 Å². The van der Waals surface area contributed by atoms with Gasteiger partial charge in [-0.05, 0) is 28.8 Å². The van der Waals surface area contributed by atoms with Gasteiger partial charge in [0.2, 0.25) is 0 Å². The number of rotatable bonds is 12. The van der Waals surface area contributed by atoms with Gasteiger partial charge in [0.05, 0.1) is 24.0 Å². The Morgan fingerprint density at radius 1 is 1.06 bits per heavy atom. The second-order valence-electron chi connectivity index (χ2n) is 7.73. The Morgan fingerprint density at radius 3 is 2.76 bits per heavy atom. The van der Waals surface area contributed by atoms with Gasteiger partial charge in [0, 0.05) is 30.2 Å². The van der Waals surface area contributed by atoms with E-state index in [1.807, 2.05) is 11.8 Å². The van der Waals surface area contributed by atoms with E-state index in [9.17, 15) is 15.0 Å². The molecule has 0 spiro atoms. The normalized spacial score (nSPS) is 12.1. The number of H-pyrrole nitrogens is 1. The quantitative estimate of drug-likeness (QED) is 0.206. The van der Waals surface area contributed by atoms with E-state index in [0.717, 1.165) is 42.4 Å². The predicted molar refractivity (Wildman–Crippen MR) is 145 cm³/mol. The Hall–Kier alpha value is -2.07. The average Bonchev–Trinajstić information content (AvgIpc) is 3.22. The van der Waals surface area contributed by atoms with E-state index in [0.29, 0.717) is 28.9 Å². The molecule has 182 valence electrons. The third kappa shape index (κ3) is 6.75. The SMILES string of the molecule is Cl.O=c1[nH]c2c(O)ccc([C@@H](O)CNCCSCCOCCc3cccc4ccccc34)c2s1. The molecule has 0 saturated heterocycles. The fourth-order valence-electron chi connectivity index (χ4n) is 3.81. The summed E-state index contributed by atoms with van der Waals surface area (Å²) in [6.07, 6.45) is 0.160. The second kappa shape index (κ2) is 13.1. The van der Waals surface area contributed by atoms with Crippen LogP contribution < -0.4 is 10.2 Å². The molecule has 1 aromatic heterocycles. The van der Waals surface area contributed by atoms with Gasteiger partial charge in [0.1, 0.15) is 11.3 Å². The molecule has 1 atom stereocenters. The van der Waals surface area contributed by atoms with Crippen molar-refractivity contribution in [2.24, 2.45) is 0 Å². The summed E-state index contributed by atoms with van der Waals surface area (Å²) in [5.41, 5.74) is 2.35. The first-order valence-electron chi connectivity index (χ1n) is 11.0. The molecule has 3 aromatic carbocycles. The van der Waals surface area contributed by atoms with Crippen molar-refractivity contribution < 1.29 is 14.9 Å². The Kier molecular flexibility index (Phi) is 10.2. The molecule has 0 radical (unpaired) electrons. The molecule has 34 heavy (non-hydrogen) atoms. The van der Waals surface area contributed by atoms with Crippen LogP contribution in [0.4, 0.5) is 0 Å². The van der Waals surface area contributed by atoms with Crippen molar-refractivity contribution in [2.45, 2.75) is 12.5 Å². The van der Waals surface area contributed by atoms with Crippen LogP contribution in [0.5, 0.6) is 5.75 Å². The number of hydrogen-bond donors (Lipinski definition) is 4. The number of aliphatic hydroxyl groups excluding tert-OH is 1. The van der Waals surface area contributed by atoms with Gasteiger partial charge in [-0.1, -0.05) is 59.9 Å². The van der Waals surface area contributed by atoms with Crippen LogP contribution in [0.3, 0.4) is 0 Å². The predicted octanol–water partition coefficient (Wildman–Crippen LogP) is 4.49. The van der Waals surface area contributed by atoms with Crippen molar-refractivity contribution in [1.29, 1.82) is 0 Å². The largest absolute Gasteiger partial charge is 0.506 e. The highest BCUT2D eigenvalue weighted by atomic mass is 35.5. The van der Waals surface area contributed by atoms with Crippen molar-refractivity contribution in [3.63, 3.8) is 0 Å². The molecule has 6 nitrogen and oxygen atoms in total. The van der Waals surface area contributed by atoms with E-state index in [2.05, 4.69) is 52.8 Å². The molecule has 0 aliphatic rings. The highest BCUT2D eigenvalue weighted by molar-refractivity contribution is 7.99. The lowest BCUT2D eigenvalue weighted by atomic mass is 10.0. The summed E-state index contributed by atoms with van der Waals surface area (Å²) < 4.78 is 6.41. The molecule has 0 aliphatic heterocycles. The maximum absolute atomic E-state index is 11.6. The number of aromatic amines is 1. The fraction of sp³-hybridized carbons (Fsp3) is 0.320. The van der Waals surface area contributed by atoms with Crippen LogP contribution >= 0.6 is 35.5 Å². The number of thioether (sulfide) groups is 1. The summed E-state index contributed by atoms with van der Waals surface area (Å²) in [6.45, 7) is 2.58. The monoisotopic (exact) mass is 520 g/mol. The number of fused-ring (bicyclic) bond motifs is 2. The lowest BCUT2D eigenvalue weighted by molar-refractivity contribution is 0.153. The van der Waals surface area contributed by atoms with E-state index in [1.54, 1.807) is 6.07 Å². The minimum atomic E-state index is -0.748. The number of nitrogens with one attached hydrogen (secondary N) is 2. The van der Waals surface area contributed by atoms with Crippen LogP contribution in [0.2, 0.25) is 0 Å². The summed E-state index contributed by atoms with van der Waals surface area (Å²) in [6, 6.07) is 18.0. The Labute approximate surface area is 212 Å². The Morgan fingerprint density at radius 2 is 1.88 bits per heavy atom. The number of phenols is 1. The van der Waals surface area contributed by atoms with Gasteiger partial charge in [0.25, 0.3) is 0 Å². The standard InChI is InChI=1S/C25H28N2O4S2.ClH/c28-21-9-8-20(24-23(21)27-25(30)33-24)22(29)16-26-11-14-32-15-13-31-12-10-18-6-3-5-17-4-1-2-7-19(17)18;/h1-9,22,26,28-29H,10-16H2,(H,27,30);1H/t22-;/m0./s1. The Balaban J connectivity index is 0.00000324. The lowest BCUT2D eigenvalue weighted by Gasteiger charge is -2.13. The van der Waals surface area contributed by atoms with Crippen molar-refractivity contribution in [3.05, 3.63) is 75.4 Å². The molecule has 0 unspecified atom stereocenters. The number of aromatic hydroxyl groups is 1. The third-order valence-electron chi connectivity index (χ3n) is 5.48. The zero-order chi connectivity index (χ0) is 23.0. The number of benzene rings is 3. The first kappa shape index (κ1) is 26.5. The summed E-state index contributed by atoms with van der Waals surface area (Å²) >= 11 is 2.81. The molecule has 4 aromatic rings. The van der Waals surface area contributed by atoms with Crippen LogP contribution in [0, 0.1) is 0 Å². The number of aromatic nitrogens is 1. The molecular weight excluding hydrogens is 492 g/mol. The van der Waals surface area contributed by atoms with Crippen molar-refractivity contribution >= 4 is 56.5 Å². The average molecular weight is 521 g/mol. The fourth-order valence-corrected chi connectivity index (χ4v) is 5.46. The van der Waals surface area contributed by atoms with E-state index in [1.165, 1.54) is 22.4 Å². The smallest absolute Gasteiger partial charge is 0.305 e. The first-order chi connectivity index (χ1) is 16.1. The first-order valence-corrected chi connectivity index (χ1v) is 13.0. The third-order valence-corrected chi connectivity index (χ3v) is 7.36. The number of phenolic OH excluding ortho intramolecular Hbond substituents is 1. The summed E-state index contributed by atoms with van der Waals surface area (Å²) in [4.78, 5) is 14.0. The van der Waals surface area contributed by atoms with E-state index >= 15 is 0 Å². The zero-order valence-corrected chi connectivity index (χ0v) is 21.1. The van der Waals surface area contributed by atoms with Crippen molar-refractivity contribution in [2.75, 3.05) is 37.8 Å².